The Labute approximate surface area is 160 Å². The summed E-state index contributed by atoms with van der Waals surface area (Å²) in [5, 5.41) is 2.12. The Bertz CT molecular complexity index is 927. The first kappa shape index (κ1) is 21.1. The van der Waals surface area contributed by atoms with Crippen molar-refractivity contribution in [2.75, 3.05) is 32.3 Å². The van der Waals surface area contributed by atoms with Gasteiger partial charge in [0.05, 0.1) is 13.7 Å². The highest BCUT2D eigenvalue weighted by molar-refractivity contribution is 7.90. The molecule has 1 heterocycles. The number of methoxy groups -OCH3 is 1. The highest BCUT2D eigenvalue weighted by atomic mass is 32.2. The van der Waals surface area contributed by atoms with Gasteiger partial charge in [-0.25, -0.2) is 22.3 Å². The first-order chi connectivity index (χ1) is 13.4. The largest absolute Gasteiger partial charge is 0.492 e. The van der Waals surface area contributed by atoms with Crippen molar-refractivity contribution in [2.45, 2.75) is 11.8 Å². The Morgan fingerprint density at radius 1 is 1.14 bits per heavy atom. The monoisotopic (exact) mass is 415 g/mol. The Morgan fingerprint density at radius 3 is 2.54 bits per heavy atom. The van der Waals surface area contributed by atoms with Crippen LogP contribution in [0.3, 0.4) is 0 Å². The number of para-hydroxylation sites is 1. The standard InChI is InChI=1S/C15H18FN5O6S/c1-3-26-10-6-4-5-7-11(10)28(23,24)21-13(22)17-12-18-14(25-2)20-15(19-12)27-9-8-16/h4-7H,3,8-9H2,1-2H3,(H2,17,18,19,20,21,22). The van der Waals surface area contributed by atoms with E-state index < -0.39 is 22.7 Å². The van der Waals surface area contributed by atoms with Crippen LogP contribution >= 0.6 is 0 Å². The number of sulfonamides is 1. The fourth-order valence-corrected chi connectivity index (χ4v) is 2.99. The van der Waals surface area contributed by atoms with Gasteiger partial charge in [0, 0.05) is 0 Å². The lowest BCUT2D eigenvalue weighted by Crippen LogP contribution is -2.35. The number of ether oxygens (including phenoxy) is 3. The van der Waals surface area contributed by atoms with Gasteiger partial charge in [0.1, 0.15) is 23.9 Å². The number of urea groups is 1. The maximum Gasteiger partial charge on any atom is 0.335 e. The minimum atomic E-state index is -4.24. The Kier molecular flexibility index (Phi) is 7.26. The predicted molar refractivity (Wildman–Crippen MR) is 94.8 cm³/mol. The van der Waals surface area contributed by atoms with Crippen molar-refractivity contribution >= 4 is 22.0 Å². The molecule has 2 N–H and O–H groups in total. The van der Waals surface area contributed by atoms with Gasteiger partial charge in [0.2, 0.25) is 5.95 Å². The lowest BCUT2D eigenvalue weighted by Gasteiger charge is -2.12. The molecule has 0 aliphatic heterocycles. The highest BCUT2D eigenvalue weighted by Crippen LogP contribution is 2.23. The van der Waals surface area contributed by atoms with Crippen LogP contribution in [0.4, 0.5) is 15.1 Å². The molecule has 1 aromatic heterocycles. The number of halogens is 1. The van der Waals surface area contributed by atoms with E-state index in [0.29, 0.717) is 0 Å². The molecule has 2 rings (SSSR count). The van der Waals surface area contributed by atoms with Crippen LogP contribution < -0.4 is 24.2 Å². The van der Waals surface area contributed by atoms with Gasteiger partial charge in [-0.2, -0.15) is 9.97 Å². The number of hydrogen-bond donors (Lipinski definition) is 2. The number of hydrogen-bond acceptors (Lipinski definition) is 9. The zero-order valence-corrected chi connectivity index (χ0v) is 15.8. The number of carbonyl (C=O) groups excluding carboxylic acids is 1. The molecule has 0 radical (unpaired) electrons. The van der Waals surface area contributed by atoms with Gasteiger partial charge in [-0.15, -0.1) is 4.98 Å². The molecule has 152 valence electrons. The summed E-state index contributed by atoms with van der Waals surface area (Å²) in [6, 6.07) is 4.17. The van der Waals surface area contributed by atoms with Crippen molar-refractivity contribution in [2.24, 2.45) is 0 Å². The number of aromatic nitrogens is 3. The summed E-state index contributed by atoms with van der Waals surface area (Å²) in [5.74, 6) is -0.263. The van der Waals surface area contributed by atoms with E-state index in [-0.39, 0.29) is 41.8 Å². The maximum atomic E-state index is 12.5. The topological polar surface area (TPSA) is 142 Å². The molecule has 13 heteroatoms. The first-order valence-corrected chi connectivity index (χ1v) is 9.42. The minimum absolute atomic E-state index is 0.0917. The molecule has 2 aromatic rings. The molecule has 28 heavy (non-hydrogen) atoms. The van der Waals surface area contributed by atoms with Gasteiger partial charge >= 0.3 is 18.1 Å². The van der Waals surface area contributed by atoms with Crippen LogP contribution in [0.25, 0.3) is 0 Å². The number of nitrogens with zero attached hydrogens (tertiary/aromatic N) is 3. The zero-order valence-electron chi connectivity index (χ0n) is 15.0. The van der Waals surface area contributed by atoms with E-state index in [0.717, 1.165) is 0 Å². The lowest BCUT2D eigenvalue weighted by molar-refractivity contribution is 0.248. The van der Waals surface area contributed by atoms with E-state index in [1.807, 2.05) is 4.72 Å². The number of benzene rings is 1. The normalized spacial score (nSPS) is 10.8. The third kappa shape index (κ3) is 5.64. The van der Waals surface area contributed by atoms with Crippen molar-refractivity contribution in [3.8, 4) is 17.8 Å². The van der Waals surface area contributed by atoms with Crippen molar-refractivity contribution < 1.29 is 31.8 Å². The quantitative estimate of drug-likeness (QED) is 0.616. The Hall–Kier alpha value is -3.22. The number of nitrogens with one attached hydrogen (secondary N) is 2. The van der Waals surface area contributed by atoms with E-state index in [2.05, 4.69) is 20.3 Å². The van der Waals surface area contributed by atoms with E-state index in [4.69, 9.17) is 14.2 Å². The van der Waals surface area contributed by atoms with Crippen molar-refractivity contribution in [3.05, 3.63) is 24.3 Å². The van der Waals surface area contributed by atoms with Crippen molar-refractivity contribution in [1.29, 1.82) is 0 Å². The van der Waals surface area contributed by atoms with E-state index in [1.165, 1.54) is 25.3 Å². The Morgan fingerprint density at radius 2 is 1.86 bits per heavy atom. The maximum absolute atomic E-state index is 12.5. The molecule has 0 spiro atoms. The molecule has 0 aliphatic rings. The van der Waals surface area contributed by atoms with E-state index in [1.54, 1.807) is 13.0 Å². The molecule has 2 amide bonds. The van der Waals surface area contributed by atoms with Crippen LogP contribution in [0.1, 0.15) is 6.92 Å². The molecule has 0 unspecified atom stereocenters. The number of rotatable bonds is 9. The van der Waals surface area contributed by atoms with Gasteiger partial charge in [0.15, 0.2) is 0 Å². The molecule has 0 atom stereocenters. The summed E-state index contributed by atoms with van der Waals surface area (Å²) in [6.45, 7) is 0.835. The SMILES string of the molecule is CCOc1ccccc1S(=O)(=O)NC(=O)Nc1nc(OC)nc(OCCF)n1. The van der Waals surface area contributed by atoms with Gasteiger partial charge < -0.3 is 14.2 Å². The predicted octanol–water partition coefficient (Wildman–Crippen LogP) is 1.14. The molecule has 0 saturated heterocycles. The fourth-order valence-electron chi connectivity index (χ4n) is 1.93. The lowest BCUT2D eigenvalue weighted by atomic mass is 10.3. The molecule has 0 fully saturated rings. The minimum Gasteiger partial charge on any atom is -0.492 e. The second-order valence-electron chi connectivity index (χ2n) is 4.91. The van der Waals surface area contributed by atoms with Gasteiger partial charge in [-0.3, -0.25) is 5.32 Å². The average molecular weight is 415 g/mol. The van der Waals surface area contributed by atoms with Crippen LogP contribution in [-0.2, 0) is 10.0 Å². The molecule has 0 aliphatic carbocycles. The Balaban J connectivity index is 2.17. The third-order valence-electron chi connectivity index (χ3n) is 2.98. The van der Waals surface area contributed by atoms with Crippen LogP contribution in [0, 0.1) is 0 Å². The fraction of sp³-hybridized carbons (Fsp3) is 0.333. The molecular weight excluding hydrogens is 397 g/mol. The summed E-state index contributed by atoms with van der Waals surface area (Å²) in [5.41, 5.74) is 0. The van der Waals surface area contributed by atoms with E-state index in [9.17, 15) is 17.6 Å². The van der Waals surface area contributed by atoms with Crippen molar-refractivity contribution in [3.63, 3.8) is 0 Å². The summed E-state index contributed by atoms with van der Waals surface area (Å²) in [4.78, 5) is 23.1. The summed E-state index contributed by atoms with van der Waals surface area (Å²) < 4.78 is 54.0. The van der Waals surface area contributed by atoms with Crippen molar-refractivity contribution in [1.82, 2.24) is 19.7 Å². The van der Waals surface area contributed by atoms with Gasteiger partial charge in [-0.1, -0.05) is 12.1 Å². The number of carbonyl (C=O) groups is 1. The highest BCUT2D eigenvalue weighted by Gasteiger charge is 2.22. The summed E-state index contributed by atoms with van der Waals surface area (Å²) >= 11 is 0. The van der Waals surface area contributed by atoms with Crippen LogP contribution in [0.15, 0.2) is 29.2 Å². The average Bonchev–Trinajstić information content (AvgIpc) is 2.66. The molecular formula is C15H18FN5O6S. The number of anilines is 1. The van der Waals surface area contributed by atoms with Crippen LogP contribution in [0.2, 0.25) is 0 Å². The van der Waals surface area contributed by atoms with Crippen LogP contribution in [0.5, 0.6) is 17.8 Å². The summed E-state index contributed by atoms with van der Waals surface area (Å²) in [6.07, 6.45) is 0. The van der Waals surface area contributed by atoms with Gasteiger partial charge in [0.25, 0.3) is 10.0 Å². The summed E-state index contributed by atoms with van der Waals surface area (Å²) in [7, 11) is -2.99. The number of amides is 2. The zero-order chi connectivity index (χ0) is 20.6. The molecule has 0 saturated carbocycles. The second-order valence-corrected chi connectivity index (χ2v) is 6.56. The third-order valence-corrected chi connectivity index (χ3v) is 4.35. The molecule has 11 nitrogen and oxygen atoms in total. The van der Waals surface area contributed by atoms with Gasteiger partial charge in [-0.05, 0) is 19.1 Å². The number of alkyl halides is 1. The molecule has 0 bridgehead atoms. The van der Waals surface area contributed by atoms with E-state index >= 15 is 0 Å². The smallest absolute Gasteiger partial charge is 0.335 e. The van der Waals surface area contributed by atoms with Crippen LogP contribution in [-0.4, -0.2) is 56.4 Å². The second kappa shape index (κ2) is 9.64. The first-order valence-electron chi connectivity index (χ1n) is 7.94. The molecule has 1 aromatic carbocycles.